The van der Waals surface area contributed by atoms with E-state index in [1.165, 1.54) is 44.9 Å². The average Bonchev–Trinajstić information content (AvgIpc) is 2.80. The van der Waals surface area contributed by atoms with Crippen molar-refractivity contribution >= 4 is 11.9 Å². The molecule has 0 N–H and O–H groups in total. The Labute approximate surface area is 217 Å². The fourth-order valence-corrected chi connectivity index (χ4v) is 5.34. The Morgan fingerprint density at radius 3 is 1.86 bits per heavy atom. The first-order chi connectivity index (χ1) is 16.7. The Hall–Kier alpha value is -1.06. The summed E-state index contributed by atoms with van der Waals surface area (Å²) in [5.41, 5.74) is 0. The second kappa shape index (κ2) is 19.1. The molecule has 0 aromatic carbocycles. The molecular weight excluding hydrogens is 436 g/mol. The molecule has 1 aliphatic carbocycles. The maximum Gasteiger partial charge on any atom is 0.309 e. The van der Waals surface area contributed by atoms with Crippen molar-refractivity contribution in [3.8, 4) is 0 Å². The van der Waals surface area contributed by atoms with Crippen LogP contribution in [0.4, 0.5) is 0 Å². The average molecular weight is 495 g/mol. The predicted molar refractivity (Wildman–Crippen MR) is 146 cm³/mol. The third-order valence-electron chi connectivity index (χ3n) is 7.59. The molecule has 0 amide bonds. The Bertz CT molecular complexity index is 554. The molecule has 1 fully saturated rings. The fourth-order valence-electron chi connectivity index (χ4n) is 5.34. The summed E-state index contributed by atoms with van der Waals surface area (Å²) >= 11 is 0. The monoisotopic (exact) mass is 494 g/mol. The molecule has 1 saturated carbocycles. The highest BCUT2D eigenvalue weighted by atomic mass is 16.5. The Balaban J connectivity index is 2.57. The summed E-state index contributed by atoms with van der Waals surface area (Å²) in [5, 5.41) is 0. The van der Waals surface area contributed by atoms with Gasteiger partial charge in [-0.25, -0.2) is 0 Å². The minimum Gasteiger partial charge on any atom is -0.466 e. The van der Waals surface area contributed by atoms with Crippen LogP contribution in [0.15, 0.2) is 0 Å². The summed E-state index contributed by atoms with van der Waals surface area (Å²) in [6, 6.07) is 0. The summed E-state index contributed by atoms with van der Waals surface area (Å²) in [5.74, 6) is 2.32. The maximum atomic E-state index is 13.1. The van der Waals surface area contributed by atoms with Gasteiger partial charge in [0.25, 0.3) is 0 Å². The minimum absolute atomic E-state index is 0.169. The largest absolute Gasteiger partial charge is 0.466 e. The molecule has 0 saturated heterocycles. The van der Waals surface area contributed by atoms with Gasteiger partial charge >= 0.3 is 11.9 Å². The van der Waals surface area contributed by atoms with E-state index in [4.69, 9.17) is 9.47 Å². The molecule has 4 nitrogen and oxygen atoms in total. The second-order valence-electron chi connectivity index (χ2n) is 12.4. The van der Waals surface area contributed by atoms with Crippen LogP contribution >= 0.6 is 0 Å². The van der Waals surface area contributed by atoms with Crippen molar-refractivity contribution in [1.29, 1.82) is 0 Å². The van der Waals surface area contributed by atoms with Gasteiger partial charge in [0.1, 0.15) is 0 Å². The lowest BCUT2D eigenvalue weighted by atomic mass is 9.72. The van der Waals surface area contributed by atoms with Gasteiger partial charge in [-0.15, -0.1) is 0 Å². The van der Waals surface area contributed by atoms with Crippen molar-refractivity contribution in [2.75, 3.05) is 13.2 Å². The lowest BCUT2D eigenvalue weighted by Gasteiger charge is -2.33. The third-order valence-corrected chi connectivity index (χ3v) is 7.59. The normalized spacial score (nSPS) is 19.3. The zero-order chi connectivity index (χ0) is 26.1. The van der Waals surface area contributed by atoms with Crippen LogP contribution in [-0.2, 0) is 19.1 Å². The summed E-state index contributed by atoms with van der Waals surface area (Å²) in [7, 11) is 0. The summed E-state index contributed by atoms with van der Waals surface area (Å²) in [6.07, 6.45) is 15.9. The van der Waals surface area contributed by atoms with Crippen molar-refractivity contribution in [3.63, 3.8) is 0 Å². The number of carbonyl (C=O) groups excluding carboxylic acids is 2. The topological polar surface area (TPSA) is 52.6 Å². The van der Waals surface area contributed by atoms with E-state index in [1.807, 2.05) is 0 Å². The standard InChI is InChI=1S/C31H58O4/c1-24(2)14-9-7-11-20-34-30(32)23-29(31(33)35-21-12-8-10-15-25(3)4)28-17-13-16-27(22-28)19-18-26(5)6/h24-29H,7-23H2,1-6H3. The van der Waals surface area contributed by atoms with Crippen LogP contribution in [0.1, 0.15) is 138 Å². The van der Waals surface area contributed by atoms with E-state index in [-0.39, 0.29) is 30.2 Å². The van der Waals surface area contributed by atoms with Crippen LogP contribution in [0.2, 0.25) is 0 Å². The van der Waals surface area contributed by atoms with Gasteiger partial charge in [-0.2, -0.15) is 0 Å². The van der Waals surface area contributed by atoms with Gasteiger partial charge in [0.2, 0.25) is 0 Å². The molecule has 3 unspecified atom stereocenters. The van der Waals surface area contributed by atoms with Gasteiger partial charge in [-0.1, -0.05) is 106 Å². The molecule has 0 bridgehead atoms. The van der Waals surface area contributed by atoms with Crippen LogP contribution in [0.25, 0.3) is 0 Å². The first-order valence-electron chi connectivity index (χ1n) is 15.0. The predicted octanol–water partition coefficient (Wildman–Crippen LogP) is 8.75. The highest BCUT2D eigenvalue weighted by Crippen LogP contribution is 2.38. The van der Waals surface area contributed by atoms with Gasteiger partial charge in [0.15, 0.2) is 0 Å². The summed E-state index contributed by atoms with van der Waals surface area (Å²) in [6.45, 7) is 14.5. The lowest BCUT2D eigenvalue weighted by Crippen LogP contribution is -2.32. The van der Waals surface area contributed by atoms with Crippen LogP contribution in [0.3, 0.4) is 0 Å². The van der Waals surface area contributed by atoms with E-state index in [1.54, 1.807) is 0 Å². The molecular formula is C31H58O4. The third kappa shape index (κ3) is 16.3. The zero-order valence-corrected chi connectivity index (χ0v) is 24.1. The first-order valence-corrected chi connectivity index (χ1v) is 15.0. The lowest BCUT2D eigenvalue weighted by molar-refractivity contribution is -0.158. The van der Waals surface area contributed by atoms with Crippen molar-refractivity contribution < 1.29 is 19.1 Å². The Kier molecular flexibility index (Phi) is 17.5. The Morgan fingerprint density at radius 2 is 1.29 bits per heavy atom. The maximum absolute atomic E-state index is 13.1. The first kappa shape index (κ1) is 32.0. The number of rotatable bonds is 19. The van der Waals surface area contributed by atoms with E-state index < -0.39 is 0 Å². The highest BCUT2D eigenvalue weighted by molar-refractivity contribution is 5.80. The Morgan fingerprint density at radius 1 is 0.714 bits per heavy atom. The molecule has 0 aromatic rings. The van der Waals surface area contributed by atoms with Crippen LogP contribution in [-0.4, -0.2) is 25.2 Å². The van der Waals surface area contributed by atoms with E-state index in [0.29, 0.717) is 25.0 Å². The number of carbonyl (C=O) groups is 2. The molecule has 1 rings (SSSR count). The van der Waals surface area contributed by atoms with Gasteiger partial charge < -0.3 is 9.47 Å². The van der Waals surface area contributed by atoms with E-state index in [0.717, 1.165) is 56.8 Å². The van der Waals surface area contributed by atoms with Crippen molar-refractivity contribution in [3.05, 3.63) is 0 Å². The molecule has 0 spiro atoms. The molecule has 1 aliphatic rings. The number of hydrogen-bond donors (Lipinski definition) is 0. The smallest absolute Gasteiger partial charge is 0.309 e. The minimum atomic E-state index is -0.346. The van der Waals surface area contributed by atoms with Crippen LogP contribution < -0.4 is 0 Å². The fraction of sp³-hybridized carbons (Fsp3) is 0.935. The number of esters is 2. The zero-order valence-electron chi connectivity index (χ0n) is 24.1. The van der Waals surface area contributed by atoms with Crippen molar-refractivity contribution in [1.82, 2.24) is 0 Å². The molecule has 206 valence electrons. The van der Waals surface area contributed by atoms with Crippen molar-refractivity contribution in [2.24, 2.45) is 35.5 Å². The van der Waals surface area contributed by atoms with Gasteiger partial charge in [-0.05, 0) is 55.3 Å². The number of ether oxygens (including phenoxy) is 2. The van der Waals surface area contributed by atoms with Gasteiger partial charge in [0.05, 0.1) is 25.6 Å². The van der Waals surface area contributed by atoms with Crippen LogP contribution in [0.5, 0.6) is 0 Å². The van der Waals surface area contributed by atoms with E-state index >= 15 is 0 Å². The molecule has 0 aromatic heterocycles. The van der Waals surface area contributed by atoms with Gasteiger partial charge in [-0.3, -0.25) is 9.59 Å². The van der Waals surface area contributed by atoms with E-state index in [9.17, 15) is 9.59 Å². The molecule has 3 atom stereocenters. The molecule has 0 radical (unpaired) electrons. The van der Waals surface area contributed by atoms with Crippen LogP contribution in [0, 0.1) is 35.5 Å². The SMILES string of the molecule is CC(C)CCCCCOC(=O)CC(C(=O)OCCCCCC(C)C)C1CCCC(CCC(C)C)C1. The highest BCUT2D eigenvalue weighted by Gasteiger charge is 2.35. The van der Waals surface area contributed by atoms with Gasteiger partial charge in [0, 0.05) is 0 Å². The molecule has 4 heteroatoms. The molecule has 0 heterocycles. The molecule has 35 heavy (non-hydrogen) atoms. The molecule has 0 aliphatic heterocycles. The summed E-state index contributed by atoms with van der Waals surface area (Å²) < 4.78 is 11.3. The quantitative estimate of drug-likeness (QED) is 0.133. The van der Waals surface area contributed by atoms with E-state index in [2.05, 4.69) is 41.5 Å². The summed E-state index contributed by atoms with van der Waals surface area (Å²) in [4.78, 5) is 25.8. The number of hydrogen-bond acceptors (Lipinski definition) is 4. The van der Waals surface area contributed by atoms with Crippen molar-refractivity contribution in [2.45, 2.75) is 138 Å². The second-order valence-corrected chi connectivity index (χ2v) is 12.4. The number of unbranched alkanes of at least 4 members (excludes halogenated alkanes) is 4.